The molecule has 0 fully saturated rings. The first-order valence-corrected chi connectivity index (χ1v) is 13.5. The monoisotopic (exact) mass is 500 g/mol. The third-order valence-electron chi connectivity index (χ3n) is 8.49. The average molecular weight is 501 g/mol. The van der Waals surface area contributed by atoms with E-state index >= 15 is 0 Å². The van der Waals surface area contributed by atoms with Crippen LogP contribution in [0.4, 0.5) is 11.4 Å². The molecule has 1 aliphatic heterocycles. The van der Waals surface area contributed by atoms with Crippen molar-refractivity contribution in [3.8, 4) is 11.1 Å². The fraction of sp³-hybridized carbons (Fsp3) is 0.0556. The van der Waals surface area contributed by atoms with E-state index in [0.717, 1.165) is 44.4 Å². The minimum atomic E-state index is 0.336. The molecule has 3 heteroatoms. The number of aromatic nitrogens is 1. The van der Waals surface area contributed by atoms with E-state index < -0.39 is 0 Å². The molecule has 9 rings (SSSR count). The van der Waals surface area contributed by atoms with Gasteiger partial charge in [0.1, 0.15) is 11.2 Å². The summed E-state index contributed by atoms with van der Waals surface area (Å²) in [5.74, 6) is 0.366. The molecule has 5 aromatic carbocycles. The van der Waals surface area contributed by atoms with Gasteiger partial charge in [-0.05, 0) is 47.5 Å². The standard InChI is InChI=1S/C36H24N2O/c1-4-13-32-26(8-1)30-20-24(21-31-27-9-2-5-14-33(27)38(32)35(30)31)37-23-18-16-22(17-19-23)25-11-7-12-29-28-10-3-6-15-34(28)39-36(25)29/h1-21,26,32,37H. The van der Waals surface area contributed by atoms with E-state index in [0.29, 0.717) is 12.0 Å². The Hall–Kier alpha value is -5.02. The van der Waals surface area contributed by atoms with E-state index in [-0.39, 0.29) is 0 Å². The molecular weight excluding hydrogens is 476 g/mol. The lowest BCUT2D eigenvalue weighted by Gasteiger charge is -2.20. The van der Waals surface area contributed by atoms with Crippen LogP contribution in [-0.2, 0) is 0 Å². The number of nitrogens with zero attached hydrogens (tertiary/aromatic N) is 1. The second kappa shape index (κ2) is 7.75. The Morgan fingerprint density at radius 3 is 2.36 bits per heavy atom. The maximum absolute atomic E-state index is 6.28. The predicted octanol–water partition coefficient (Wildman–Crippen LogP) is 9.87. The lowest BCUT2D eigenvalue weighted by Crippen LogP contribution is -2.08. The van der Waals surface area contributed by atoms with E-state index in [2.05, 4.69) is 125 Å². The van der Waals surface area contributed by atoms with E-state index in [1.165, 1.54) is 27.4 Å². The van der Waals surface area contributed by atoms with Gasteiger partial charge in [0, 0.05) is 49.9 Å². The summed E-state index contributed by atoms with van der Waals surface area (Å²) >= 11 is 0. The van der Waals surface area contributed by atoms with E-state index in [4.69, 9.17) is 4.42 Å². The summed E-state index contributed by atoms with van der Waals surface area (Å²) in [6, 6.07) is 37.1. The van der Waals surface area contributed by atoms with Gasteiger partial charge >= 0.3 is 0 Å². The second-order valence-corrected chi connectivity index (χ2v) is 10.6. The lowest BCUT2D eigenvalue weighted by molar-refractivity contribution is 0.615. The van der Waals surface area contributed by atoms with Crippen LogP contribution in [0, 0.1) is 0 Å². The molecule has 2 atom stereocenters. The molecule has 0 bridgehead atoms. The molecule has 0 saturated carbocycles. The maximum Gasteiger partial charge on any atom is 0.143 e. The first-order chi connectivity index (χ1) is 19.3. The van der Waals surface area contributed by atoms with Gasteiger partial charge in [-0.15, -0.1) is 0 Å². The van der Waals surface area contributed by atoms with Crippen molar-refractivity contribution in [2.24, 2.45) is 0 Å². The molecule has 39 heavy (non-hydrogen) atoms. The first-order valence-electron chi connectivity index (χ1n) is 13.5. The van der Waals surface area contributed by atoms with Crippen LogP contribution in [-0.4, -0.2) is 4.57 Å². The minimum absolute atomic E-state index is 0.336. The smallest absolute Gasteiger partial charge is 0.143 e. The highest BCUT2D eigenvalue weighted by Crippen LogP contribution is 2.50. The summed E-state index contributed by atoms with van der Waals surface area (Å²) in [6.07, 6.45) is 9.05. The summed E-state index contributed by atoms with van der Waals surface area (Å²) in [4.78, 5) is 0. The Morgan fingerprint density at radius 1 is 0.641 bits per heavy atom. The van der Waals surface area contributed by atoms with Gasteiger partial charge in [-0.2, -0.15) is 0 Å². The first kappa shape index (κ1) is 21.0. The molecule has 0 amide bonds. The molecule has 3 heterocycles. The zero-order valence-corrected chi connectivity index (χ0v) is 21.1. The molecule has 184 valence electrons. The quantitative estimate of drug-likeness (QED) is 0.262. The van der Waals surface area contributed by atoms with Gasteiger partial charge in [0.25, 0.3) is 0 Å². The van der Waals surface area contributed by atoms with Crippen LogP contribution < -0.4 is 5.32 Å². The molecule has 1 aliphatic carbocycles. The highest BCUT2D eigenvalue weighted by molar-refractivity contribution is 6.12. The summed E-state index contributed by atoms with van der Waals surface area (Å²) in [5.41, 5.74) is 10.4. The van der Waals surface area contributed by atoms with Gasteiger partial charge in [-0.3, -0.25) is 0 Å². The van der Waals surface area contributed by atoms with Crippen LogP contribution in [0.15, 0.2) is 132 Å². The van der Waals surface area contributed by atoms with Crippen molar-refractivity contribution in [1.29, 1.82) is 0 Å². The van der Waals surface area contributed by atoms with Gasteiger partial charge in [-0.25, -0.2) is 0 Å². The molecule has 0 spiro atoms. The topological polar surface area (TPSA) is 30.1 Å². The Labute approximate surface area is 225 Å². The zero-order chi connectivity index (χ0) is 25.5. The third kappa shape index (κ3) is 2.93. The second-order valence-electron chi connectivity index (χ2n) is 10.6. The highest BCUT2D eigenvalue weighted by Gasteiger charge is 2.34. The van der Waals surface area contributed by atoms with E-state index in [1.807, 2.05) is 12.1 Å². The average Bonchev–Trinajstić information content (AvgIpc) is 3.64. The third-order valence-corrected chi connectivity index (χ3v) is 8.49. The molecular formula is C36H24N2O. The molecule has 7 aromatic rings. The van der Waals surface area contributed by atoms with Crippen molar-refractivity contribution in [2.45, 2.75) is 12.0 Å². The predicted molar refractivity (Wildman–Crippen MR) is 162 cm³/mol. The van der Waals surface area contributed by atoms with Crippen molar-refractivity contribution in [3.63, 3.8) is 0 Å². The van der Waals surface area contributed by atoms with Crippen LogP contribution in [0.25, 0.3) is 54.9 Å². The number of hydrogen-bond acceptors (Lipinski definition) is 2. The number of fused-ring (bicyclic) bond motifs is 9. The summed E-state index contributed by atoms with van der Waals surface area (Å²) in [6.45, 7) is 0. The molecule has 2 aromatic heterocycles. The normalized spacial score (nSPS) is 17.5. The Balaban J connectivity index is 1.12. The number of benzene rings is 5. The lowest BCUT2D eigenvalue weighted by atomic mass is 9.89. The maximum atomic E-state index is 6.28. The number of anilines is 2. The summed E-state index contributed by atoms with van der Waals surface area (Å²) in [7, 11) is 0. The van der Waals surface area contributed by atoms with Crippen molar-refractivity contribution >= 4 is 55.1 Å². The Kier molecular flexibility index (Phi) is 4.17. The van der Waals surface area contributed by atoms with Gasteiger partial charge in [0.15, 0.2) is 0 Å². The van der Waals surface area contributed by atoms with Crippen LogP contribution in [0.3, 0.4) is 0 Å². The fourth-order valence-electron chi connectivity index (χ4n) is 6.80. The van der Waals surface area contributed by atoms with E-state index in [1.54, 1.807) is 0 Å². The summed E-state index contributed by atoms with van der Waals surface area (Å²) < 4.78 is 8.81. The summed E-state index contributed by atoms with van der Waals surface area (Å²) in [5, 5.41) is 8.64. The SMILES string of the molecule is C1=CC2c3cc(Nc4ccc(-c5cccc6c5oc5ccccc56)cc4)cc4c5ccccc5n(c34)C2C=C1. The largest absolute Gasteiger partial charge is 0.455 e. The van der Waals surface area contributed by atoms with Crippen LogP contribution in [0.5, 0.6) is 0 Å². The molecule has 1 N–H and O–H groups in total. The number of allylic oxidation sites excluding steroid dienone is 4. The van der Waals surface area contributed by atoms with E-state index in [9.17, 15) is 0 Å². The van der Waals surface area contributed by atoms with Crippen molar-refractivity contribution in [1.82, 2.24) is 4.57 Å². The molecule has 3 nitrogen and oxygen atoms in total. The number of para-hydroxylation sites is 3. The number of nitrogens with one attached hydrogen (secondary N) is 1. The van der Waals surface area contributed by atoms with Crippen LogP contribution in [0.2, 0.25) is 0 Å². The Morgan fingerprint density at radius 2 is 1.44 bits per heavy atom. The van der Waals surface area contributed by atoms with Crippen molar-refractivity contribution in [3.05, 3.63) is 133 Å². The molecule has 0 radical (unpaired) electrons. The van der Waals surface area contributed by atoms with Gasteiger partial charge in [-0.1, -0.05) is 91.0 Å². The molecule has 2 aliphatic rings. The zero-order valence-electron chi connectivity index (χ0n) is 21.1. The highest BCUT2D eigenvalue weighted by atomic mass is 16.3. The Bertz CT molecular complexity index is 2160. The van der Waals surface area contributed by atoms with Gasteiger partial charge in [0.2, 0.25) is 0 Å². The number of furan rings is 1. The van der Waals surface area contributed by atoms with Crippen molar-refractivity contribution < 1.29 is 4.42 Å². The minimum Gasteiger partial charge on any atom is -0.455 e. The molecule has 0 saturated heterocycles. The number of rotatable bonds is 3. The fourth-order valence-corrected chi connectivity index (χ4v) is 6.80. The van der Waals surface area contributed by atoms with Crippen molar-refractivity contribution in [2.75, 3.05) is 5.32 Å². The van der Waals surface area contributed by atoms with Crippen LogP contribution >= 0.6 is 0 Å². The van der Waals surface area contributed by atoms with Gasteiger partial charge < -0.3 is 14.3 Å². The molecule has 2 unspecified atom stereocenters. The van der Waals surface area contributed by atoms with Crippen LogP contribution in [0.1, 0.15) is 17.5 Å². The van der Waals surface area contributed by atoms with Gasteiger partial charge in [0.05, 0.1) is 11.6 Å². The number of hydrogen-bond donors (Lipinski definition) is 1.